The molecule has 6 saturated carbocycles. The molecule has 0 atom stereocenters. The van der Waals surface area contributed by atoms with Crippen LogP contribution in [0.2, 0.25) is 0 Å². The second kappa shape index (κ2) is 20.7. The van der Waals surface area contributed by atoms with Crippen LogP contribution >= 0.6 is 127 Å². The normalized spacial score (nSPS) is 29.5. The van der Waals surface area contributed by atoms with Crippen LogP contribution in [-0.2, 0) is 0 Å². The van der Waals surface area contributed by atoms with Gasteiger partial charge in [0.1, 0.15) is 0 Å². The Morgan fingerprint density at radius 3 is 0.325 bits per heavy atom. The molecule has 6 aliphatic rings. The Morgan fingerprint density at radius 2 is 0.237 bits per heavy atom. The number of halogens is 8. The summed E-state index contributed by atoms with van der Waals surface area (Å²) < 4.78 is 8.40. The van der Waals surface area contributed by atoms with E-state index < -0.39 is 43.3 Å². The molecule has 80 heavy (non-hydrogen) atoms. The van der Waals surface area contributed by atoms with E-state index in [1.54, 1.807) is 0 Å². The highest BCUT2D eigenvalue weighted by molar-refractivity contribution is 9.11. The zero-order valence-corrected chi connectivity index (χ0v) is 55.4. The van der Waals surface area contributed by atoms with Crippen LogP contribution in [0.5, 0.6) is 0 Å². The lowest BCUT2D eigenvalue weighted by molar-refractivity contribution is -0.802. The summed E-state index contributed by atoms with van der Waals surface area (Å²) in [5.74, 6) is 0. The summed E-state index contributed by atoms with van der Waals surface area (Å²) in [5, 5.41) is 0. The first-order valence-corrected chi connectivity index (χ1v) is 32.7. The van der Waals surface area contributed by atoms with Gasteiger partial charge in [-0.15, -0.1) is 0 Å². The smallest absolute Gasteiger partial charge is 0.0212 e. The van der Waals surface area contributed by atoms with Crippen molar-refractivity contribution in [2.45, 2.75) is 0 Å². The van der Waals surface area contributed by atoms with E-state index in [-0.39, 0.29) is 0 Å². The Balaban J connectivity index is 1.21. The summed E-state index contributed by atoms with van der Waals surface area (Å²) in [7, 11) is 0. The highest BCUT2D eigenvalue weighted by Gasteiger charge is 3.34. The molecule has 8 aromatic carbocycles. The van der Waals surface area contributed by atoms with Crippen molar-refractivity contribution in [3.63, 3.8) is 0 Å². The Labute approximate surface area is 536 Å². The van der Waals surface area contributed by atoms with Crippen molar-refractivity contribution in [2.24, 2.45) is 43.3 Å². The molecule has 392 valence electrons. The lowest BCUT2D eigenvalue weighted by Gasteiger charge is -3.30. The molecule has 0 aliphatic heterocycles. The van der Waals surface area contributed by atoms with Crippen molar-refractivity contribution in [1.29, 1.82) is 0 Å². The molecule has 0 amide bonds. The van der Waals surface area contributed by atoms with Crippen LogP contribution in [0.25, 0.3) is 48.6 Å². The molecule has 6 fully saturated rings. The van der Waals surface area contributed by atoms with Gasteiger partial charge in [0.05, 0.1) is 0 Å². The molecule has 0 nitrogen and oxygen atoms in total. The zero-order chi connectivity index (χ0) is 55.2. The summed E-state index contributed by atoms with van der Waals surface area (Å²) >= 11 is 30.1. The maximum absolute atomic E-state index is 3.77. The SMILES string of the molecule is Brc1ccc(/C=C/C23C4(/C=C/c5ccc(Br)cc5)C5(/C=C/c6ccc(Br)cc6)C2(/C=C/c2ccc(Br)cc2)C2(/C=C/c6ccc(Br)cc6)C3(/C=C/c3ccc(Br)cc3)C4(/C=C/c3ccc(Br)cc3)C52/C=C/c2ccc(Br)cc2)cc1. The maximum Gasteiger partial charge on any atom is 0.0212 e. The van der Waals surface area contributed by atoms with Crippen LogP contribution in [0.15, 0.2) is 279 Å². The Kier molecular flexibility index (Phi) is 14.2. The van der Waals surface area contributed by atoms with E-state index in [1.807, 2.05) is 0 Å². The average Bonchev–Trinajstić information content (AvgIpc) is 0.495. The summed E-state index contributed by atoms with van der Waals surface area (Å²) in [5.41, 5.74) is 5.04. The molecule has 0 N–H and O–H groups in total. The molecule has 8 aromatic rings. The van der Waals surface area contributed by atoms with E-state index >= 15 is 0 Å². The molecule has 0 bridgehead atoms. The molecule has 0 heterocycles. The quantitative estimate of drug-likeness (QED) is 0.0904. The minimum Gasteiger partial charge on any atom is -0.0749 e. The third kappa shape index (κ3) is 7.21. The molecule has 0 unspecified atom stereocenters. The van der Waals surface area contributed by atoms with Gasteiger partial charge in [0.25, 0.3) is 0 Å². The first-order valence-electron chi connectivity index (χ1n) is 26.4. The fraction of sp³-hybridized carbons (Fsp3) is 0.111. The van der Waals surface area contributed by atoms with Crippen LogP contribution in [-0.4, -0.2) is 0 Å². The third-order valence-electron chi connectivity index (χ3n) is 18.6. The predicted octanol–water partition coefficient (Wildman–Crippen LogP) is 23.8. The molecular formula is C72H48Br8. The van der Waals surface area contributed by atoms with Gasteiger partial charge in [0.15, 0.2) is 0 Å². The van der Waals surface area contributed by atoms with Gasteiger partial charge < -0.3 is 0 Å². The second-order valence-electron chi connectivity index (χ2n) is 21.5. The lowest BCUT2D eigenvalue weighted by atomic mass is 8.70. The molecule has 14 rings (SSSR count). The Hall–Kier alpha value is -4.48. The van der Waals surface area contributed by atoms with Crippen LogP contribution in [0.1, 0.15) is 44.5 Å². The zero-order valence-electron chi connectivity index (χ0n) is 42.7. The van der Waals surface area contributed by atoms with Gasteiger partial charge in [-0.2, -0.15) is 0 Å². The summed E-state index contributed by atoms with van der Waals surface area (Å²) in [6.07, 6.45) is 40.8. The van der Waals surface area contributed by atoms with Crippen LogP contribution in [0, 0.1) is 43.3 Å². The summed E-state index contributed by atoms with van der Waals surface area (Å²) in [6.45, 7) is 0. The number of hydrogen-bond donors (Lipinski definition) is 0. The van der Waals surface area contributed by atoms with Gasteiger partial charge >= 0.3 is 0 Å². The van der Waals surface area contributed by atoms with E-state index in [0.29, 0.717) is 0 Å². The van der Waals surface area contributed by atoms with Gasteiger partial charge in [-0.05, 0) is 142 Å². The van der Waals surface area contributed by atoms with Crippen molar-refractivity contribution in [2.75, 3.05) is 0 Å². The Bertz CT molecular complexity index is 3090. The summed E-state index contributed by atoms with van der Waals surface area (Å²) in [4.78, 5) is 0. The molecule has 6 aliphatic carbocycles. The molecule has 0 radical (unpaired) electrons. The van der Waals surface area contributed by atoms with Crippen LogP contribution in [0.3, 0.4) is 0 Å². The first-order chi connectivity index (χ1) is 38.8. The van der Waals surface area contributed by atoms with Gasteiger partial charge in [0, 0.05) is 79.1 Å². The highest BCUT2D eigenvalue weighted by Crippen LogP contribution is 3.35. The van der Waals surface area contributed by atoms with Crippen molar-refractivity contribution in [1.82, 2.24) is 0 Å². The van der Waals surface area contributed by atoms with Crippen LogP contribution in [0.4, 0.5) is 0 Å². The average molecular weight is 1550 g/mol. The first kappa shape index (κ1) is 54.8. The topological polar surface area (TPSA) is 0 Å². The fourth-order valence-corrected chi connectivity index (χ4v) is 18.7. The Morgan fingerprint density at radius 1 is 0.150 bits per heavy atom. The number of allylic oxidation sites excluding steroid dienone is 8. The maximum atomic E-state index is 3.77. The van der Waals surface area contributed by atoms with Crippen molar-refractivity contribution in [3.05, 3.63) is 323 Å². The van der Waals surface area contributed by atoms with Gasteiger partial charge in [-0.3, -0.25) is 0 Å². The minimum atomic E-state index is -0.519. The van der Waals surface area contributed by atoms with Crippen molar-refractivity contribution in [3.8, 4) is 0 Å². The summed E-state index contributed by atoms with van der Waals surface area (Å²) in [6, 6.07) is 70.3. The largest absolute Gasteiger partial charge is 0.0749 e. The third-order valence-corrected chi connectivity index (χ3v) is 22.9. The molecule has 8 heteroatoms. The van der Waals surface area contributed by atoms with Gasteiger partial charge in [-0.1, -0.05) is 322 Å². The number of rotatable bonds is 16. The van der Waals surface area contributed by atoms with E-state index in [1.165, 1.54) is 0 Å². The number of hydrogen-bond acceptors (Lipinski definition) is 0. The highest BCUT2D eigenvalue weighted by atomic mass is 79.9. The van der Waals surface area contributed by atoms with Crippen molar-refractivity contribution >= 4 is 176 Å². The number of benzene rings is 8. The molecular weight excluding hydrogens is 1500 g/mol. The van der Waals surface area contributed by atoms with Crippen molar-refractivity contribution < 1.29 is 0 Å². The molecule has 0 spiro atoms. The van der Waals surface area contributed by atoms with E-state index in [2.05, 4.69) is 419 Å². The van der Waals surface area contributed by atoms with E-state index in [0.717, 1.165) is 80.3 Å². The van der Waals surface area contributed by atoms with Gasteiger partial charge in [-0.25, -0.2) is 0 Å². The van der Waals surface area contributed by atoms with E-state index in [9.17, 15) is 0 Å². The second-order valence-corrected chi connectivity index (χ2v) is 28.9. The van der Waals surface area contributed by atoms with E-state index in [4.69, 9.17) is 0 Å². The standard InChI is InChI=1S/C72H48Br8/c73-57-17-1-49(2-18-57)33-41-65-66(42-34-50-3-19-58(74)20-4-50)69(45-37-53-9-25-61(77)26-10-53)67(65,43-35-51-5-21-59(75)22-6-51)71(47-39-55-13-29-63(79)30-14-55)68(65,44-36-52-7-23-60(76)24-8-52)70(66,46-38-54-11-27-62(78)28-12-54)72(69,71)48-40-56-15-31-64(80)32-16-56/h1-48H/b41-33+,42-34+,43-35+,44-36+,45-37+,46-38+,47-39+,48-40+. The minimum absolute atomic E-state index is 0.519. The van der Waals surface area contributed by atoms with Gasteiger partial charge in [0.2, 0.25) is 0 Å². The molecule has 0 saturated heterocycles. The van der Waals surface area contributed by atoms with Crippen LogP contribution < -0.4 is 0 Å². The monoisotopic (exact) mass is 1540 g/mol. The predicted molar refractivity (Wildman–Crippen MR) is 365 cm³/mol. The lowest BCUT2D eigenvalue weighted by Crippen LogP contribution is -3.30. The fourth-order valence-electron chi connectivity index (χ4n) is 16.6. The molecule has 0 aromatic heterocycles.